The molecule has 0 aromatic rings. The summed E-state index contributed by atoms with van der Waals surface area (Å²) >= 11 is 0. The van der Waals surface area contributed by atoms with Gasteiger partial charge in [0.25, 0.3) is 0 Å². The van der Waals surface area contributed by atoms with Crippen LogP contribution in [0.25, 0.3) is 0 Å². The van der Waals surface area contributed by atoms with Gasteiger partial charge in [-0.15, -0.1) is 0 Å². The van der Waals surface area contributed by atoms with Crippen molar-refractivity contribution in [2.45, 2.75) is 6.42 Å². The van der Waals surface area contributed by atoms with E-state index in [1.807, 2.05) is 0 Å². The number of aliphatic hydroxyl groups is 1. The Labute approximate surface area is 66.9 Å². The molecule has 1 N–H and O–H groups in total. The average molecular weight is 157 g/mol. The molecule has 2 fully saturated rings. The molecule has 2 rings (SSSR count). The number of ether oxygens (including phenoxy) is 1. The van der Waals surface area contributed by atoms with Crippen LogP contribution in [0, 0.1) is 11.8 Å². The summed E-state index contributed by atoms with van der Waals surface area (Å²) in [5.74, 6) is 1.35. The lowest BCUT2D eigenvalue weighted by Gasteiger charge is -2.40. The van der Waals surface area contributed by atoms with E-state index in [2.05, 4.69) is 4.90 Å². The first-order chi connectivity index (χ1) is 5.38. The summed E-state index contributed by atoms with van der Waals surface area (Å²) in [6.07, 6.45) is 1.30. The van der Waals surface area contributed by atoms with Crippen molar-refractivity contribution in [1.82, 2.24) is 4.90 Å². The Bertz CT molecular complexity index is 128. The molecule has 2 bridgehead atoms. The maximum absolute atomic E-state index is 8.93. The minimum atomic E-state index is 0.215. The topological polar surface area (TPSA) is 32.7 Å². The van der Waals surface area contributed by atoms with Crippen molar-refractivity contribution >= 4 is 0 Å². The Morgan fingerprint density at radius 2 is 1.91 bits per heavy atom. The summed E-state index contributed by atoms with van der Waals surface area (Å²) in [7, 11) is 0. The summed E-state index contributed by atoms with van der Waals surface area (Å²) in [4.78, 5) is 2.11. The minimum Gasteiger partial charge on any atom is -0.381 e. The van der Waals surface area contributed by atoms with Crippen molar-refractivity contribution in [3.8, 4) is 0 Å². The van der Waals surface area contributed by atoms with E-state index in [4.69, 9.17) is 9.84 Å². The Balaban J connectivity index is 1.94. The Morgan fingerprint density at radius 3 is 2.45 bits per heavy atom. The van der Waals surface area contributed by atoms with E-state index in [0.717, 1.165) is 26.3 Å². The van der Waals surface area contributed by atoms with E-state index >= 15 is 0 Å². The molecule has 11 heavy (non-hydrogen) atoms. The molecule has 0 amide bonds. The predicted octanol–water partition coefficient (Wildman–Crippen LogP) is -0.0955. The summed E-state index contributed by atoms with van der Waals surface area (Å²) in [6.45, 7) is 4.05. The van der Waals surface area contributed by atoms with Gasteiger partial charge in [-0.3, -0.25) is 4.90 Å². The fourth-order valence-electron chi connectivity index (χ4n) is 2.18. The number of hydrogen-bond donors (Lipinski definition) is 1. The second kappa shape index (κ2) is 3.09. The number of nitrogens with zero attached hydrogens (tertiary/aromatic N) is 1. The molecular weight excluding hydrogens is 142 g/mol. The minimum absolute atomic E-state index is 0.215. The zero-order chi connectivity index (χ0) is 7.68. The van der Waals surface area contributed by atoms with Crippen molar-refractivity contribution in [3.05, 3.63) is 0 Å². The Morgan fingerprint density at radius 1 is 1.27 bits per heavy atom. The molecular formula is C8H15NO2. The second-order valence-corrected chi connectivity index (χ2v) is 3.68. The SMILES string of the molecule is OCN1CC2COCC(C2)C1. The number of likely N-dealkylation sites (tertiary alicyclic amines) is 1. The van der Waals surface area contributed by atoms with Crippen molar-refractivity contribution in [2.24, 2.45) is 11.8 Å². The fraction of sp³-hybridized carbons (Fsp3) is 1.00. The third-order valence-corrected chi connectivity index (χ3v) is 2.61. The molecule has 2 saturated heterocycles. The Kier molecular flexibility index (Phi) is 2.11. The first-order valence-corrected chi connectivity index (χ1v) is 4.29. The highest BCUT2D eigenvalue weighted by atomic mass is 16.5. The summed E-state index contributed by atoms with van der Waals surface area (Å²) in [5.41, 5.74) is 0. The molecule has 2 atom stereocenters. The van der Waals surface area contributed by atoms with Gasteiger partial charge in [0.2, 0.25) is 0 Å². The molecule has 3 heteroatoms. The highest BCUT2D eigenvalue weighted by Crippen LogP contribution is 2.26. The molecule has 0 spiro atoms. The van der Waals surface area contributed by atoms with Crippen LogP contribution >= 0.6 is 0 Å². The lowest BCUT2D eigenvalue weighted by Crippen LogP contribution is -2.46. The lowest BCUT2D eigenvalue weighted by molar-refractivity contribution is -0.0601. The maximum atomic E-state index is 8.93. The van der Waals surface area contributed by atoms with Gasteiger partial charge in [-0.05, 0) is 18.3 Å². The van der Waals surface area contributed by atoms with E-state index < -0.39 is 0 Å². The van der Waals surface area contributed by atoms with E-state index in [0.29, 0.717) is 11.8 Å². The summed E-state index contributed by atoms with van der Waals surface area (Å²) < 4.78 is 5.42. The van der Waals surface area contributed by atoms with Gasteiger partial charge >= 0.3 is 0 Å². The average Bonchev–Trinajstić information content (AvgIpc) is 2.03. The third kappa shape index (κ3) is 1.55. The molecule has 2 heterocycles. The van der Waals surface area contributed by atoms with Gasteiger partial charge < -0.3 is 9.84 Å². The third-order valence-electron chi connectivity index (χ3n) is 2.61. The van der Waals surface area contributed by atoms with E-state index in [9.17, 15) is 0 Å². The van der Waals surface area contributed by atoms with Crippen LogP contribution in [0.3, 0.4) is 0 Å². The fourth-order valence-corrected chi connectivity index (χ4v) is 2.18. The van der Waals surface area contributed by atoms with Crippen LogP contribution in [-0.2, 0) is 4.74 Å². The van der Waals surface area contributed by atoms with E-state index in [1.165, 1.54) is 6.42 Å². The molecule has 0 radical (unpaired) electrons. The highest BCUT2D eigenvalue weighted by Gasteiger charge is 2.30. The van der Waals surface area contributed by atoms with Gasteiger partial charge in [-0.2, -0.15) is 0 Å². The molecule has 64 valence electrons. The molecule has 2 unspecified atom stereocenters. The van der Waals surface area contributed by atoms with Gasteiger partial charge in [0.05, 0.1) is 19.9 Å². The molecule has 0 aliphatic carbocycles. The standard InChI is InChI=1S/C8H15NO2/c10-6-9-2-7-1-8(3-9)5-11-4-7/h7-8,10H,1-6H2. The summed E-state index contributed by atoms with van der Waals surface area (Å²) in [6, 6.07) is 0. The van der Waals surface area contributed by atoms with Crippen LogP contribution in [-0.4, -0.2) is 43.0 Å². The largest absolute Gasteiger partial charge is 0.381 e. The zero-order valence-electron chi connectivity index (χ0n) is 6.70. The van der Waals surface area contributed by atoms with Crippen LogP contribution in [0.5, 0.6) is 0 Å². The smallest absolute Gasteiger partial charge is 0.0956 e. The molecule has 2 aliphatic heterocycles. The van der Waals surface area contributed by atoms with Gasteiger partial charge in [0.1, 0.15) is 0 Å². The van der Waals surface area contributed by atoms with Gasteiger partial charge in [-0.25, -0.2) is 0 Å². The molecule has 3 nitrogen and oxygen atoms in total. The number of aliphatic hydroxyl groups excluding tert-OH is 1. The zero-order valence-corrected chi connectivity index (χ0v) is 6.70. The Hall–Kier alpha value is -0.120. The molecule has 2 aliphatic rings. The van der Waals surface area contributed by atoms with Gasteiger partial charge in [-0.1, -0.05) is 0 Å². The predicted molar refractivity (Wildman–Crippen MR) is 41.1 cm³/mol. The number of rotatable bonds is 1. The summed E-state index contributed by atoms with van der Waals surface area (Å²) in [5, 5.41) is 8.93. The molecule has 0 aromatic carbocycles. The van der Waals surface area contributed by atoms with E-state index in [-0.39, 0.29) is 6.73 Å². The number of fused-ring (bicyclic) bond motifs is 2. The first-order valence-electron chi connectivity index (χ1n) is 4.29. The van der Waals surface area contributed by atoms with Gasteiger partial charge in [0, 0.05) is 13.1 Å². The van der Waals surface area contributed by atoms with Crippen LogP contribution in [0.2, 0.25) is 0 Å². The monoisotopic (exact) mass is 157 g/mol. The van der Waals surface area contributed by atoms with Crippen molar-refractivity contribution in [2.75, 3.05) is 33.0 Å². The maximum Gasteiger partial charge on any atom is 0.0956 e. The van der Waals surface area contributed by atoms with Gasteiger partial charge in [0.15, 0.2) is 0 Å². The first kappa shape index (κ1) is 7.53. The van der Waals surface area contributed by atoms with Crippen molar-refractivity contribution in [3.63, 3.8) is 0 Å². The van der Waals surface area contributed by atoms with E-state index in [1.54, 1.807) is 0 Å². The number of hydrogen-bond acceptors (Lipinski definition) is 3. The number of piperidine rings is 1. The molecule has 0 aromatic heterocycles. The highest BCUT2D eigenvalue weighted by molar-refractivity contribution is 4.80. The normalized spacial score (nSPS) is 39.0. The van der Waals surface area contributed by atoms with Crippen LogP contribution in [0.15, 0.2) is 0 Å². The quantitative estimate of drug-likeness (QED) is 0.577. The second-order valence-electron chi connectivity index (χ2n) is 3.68. The molecule has 0 saturated carbocycles. The van der Waals surface area contributed by atoms with Crippen LogP contribution in [0.1, 0.15) is 6.42 Å². The van der Waals surface area contributed by atoms with Crippen LogP contribution in [0.4, 0.5) is 0 Å². The van der Waals surface area contributed by atoms with Crippen LogP contribution < -0.4 is 0 Å². The van der Waals surface area contributed by atoms with Crippen molar-refractivity contribution < 1.29 is 9.84 Å². The van der Waals surface area contributed by atoms with Crippen molar-refractivity contribution in [1.29, 1.82) is 0 Å². The lowest BCUT2D eigenvalue weighted by atomic mass is 9.88.